The van der Waals surface area contributed by atoms with Crippen LogP contribution in [-0.4, -0.2) is 54.4 Å². The number of hydrogen-bond acceptors (Lipinski definition) is 5. The third kappa shape index (κ3) is 5.19. The van der Waals surface area contributed by atoms with Gasteiger partial charge in [-0.15, -0.1) is 10.2 Å². The molecule has 7 nitrogen and oxygen atoms in total. The highest BCUT2D eigenvalue weighted by Crippen LogP contribution is 2.23. The molecule has 2 aromatic carbocycles. The lowest BCUT2D eigenvalue weighted by Crippen LogP contribution is -2.44. The lowest BCUT2D eigenvalue weighted by Gasteiger charge is -2.32. The van der Waals surface area contributed by atoms with E-state index in [0.717, 1.165) is 60.9 Å². The van der Waals surface area contributed by atoms with E-state index in [1.807, 2.05) is 60.7 Å². The van der Waals surface area contributed by atoms with Gasteiger partial charge in [-0.1, -0.05) is 37.3 Å². The maximum absolute atomic E-state index is 12.5. The summed E-state index contributed by atoms with van der Waals surface area (Å²) in [6.45, 7) is 6.04. The highest BCUT2D eigenvalue weighted by molar-refractivity contribution is 6.00. The van der Waals surface area contributed by atoms with Gasteiger partial charge in [-0.25, -0.2) is 4.79 Å². The van der Waals surface area contributed by atoms with Crippen molar-refractivity contribution < 1.29 is 4.79 Å². The monoisotopic (exact) mass is 416 g/mol. The highest BCUT2D eigenvalue weighted by Gasteiger charge is 2.16. The summed E-state index contributed by atoms with van der Waals surface area (Å²) in [6, 6.07) is 19.2. The van der Waals surface area contributed by atoms with Crippen molar-refractivity contribution in [3.63, 3.8) is 0 Å². The third-order valence-electron chi connectivity index (χ3n) is 5.54. The average molecular weight is 417 g/mol. The van der Waals surface area contributed by atoms with Crippen LogP contribution in [0.25, 0.3) is 11.3 Å². The normalized spacial score (nSPS) is 14.3. The number of carbonyl (C=O) groups is 1. The zero-order valence-electron chi connectivity index (χ0n) is 18.0. The first kappa shape index (κ1) is 20.8. The predicted molar refractivity (Wildman–Crippen MR) is 126 cm³/mol. The maximum atomic E-state index is 12.5. The predicted octanol–water partition coefficient (Wildman–Crippen LogP) is 4.10. The molecule has 0 radical (unpaired) electrons. The molecule has 0 atom stereocenters. The van der Waals surface area contributed by atoms with Crippen LogP contribution in [0.15, 0.2) is 60.7 Å². The summed E-state index contributed by atoms with van der Waals surface area (Å²) in [6.07, 6.45) is 0.856. The van der Waals surface area contributed by atoms with Crippen molar-refractivity contribution in [1.82, 2.24) is 15.1 Å². The maximum Gasteiger partial charge on any atom is 0.323 e. The Balaban J connectivity index is 1.42. The second-order valence-electron chi connectivity index (χ2n) is 7.74. The number of nitrogens with one attached hydrogen (secondary N) is 2. The van der Waals surface area contributed by atoms with E-state index in [0.29, 0.717) is 5.69 Å². The van der Waals surface area contributed by atoms with Crippen LogP contribution < -0.4 is 15.5 Å². The Bertz CT molecular complexity index is 1030. The van der Waals surface area contributed by atoms with Gasteiger partial charge in [-0.3, -0.25) is 0 Å². The van der Waals surface area contributed by atoms with E-state index in [4.69, 9.17) is 0 Å². The van der Waals surface area contributed by atoms with Crippen LogP contribution in [-0.2, 0) is 6.42 Å². The van der Waals surface area contributed by atoms with Crippen LogP contribution >= 0.6 is 0 Å². The SMILES string of the molecule is CCc1ccccc1NC(=O)Nc1cccc(-c2ccc(N3CCN(C)CC3)nn2)c1. The number of rotatable bonds is 5. The Kier molecular flexibility index (Phi) is 6.43. The van der Waals surface area contributed by atoms with Gasteiger partial charge < -0.3 is 20.4 Å². The number of urea groups is 1. The Morgan fingerprint density at radius 2 is 1.74 bits per heavy atom. The number of para-hydroxylation sites is 1. The smallest absolute Gasteiger partial charge is 0.323 e. The molecule has 1 fully saturated rings. The van der Waals surface area contributed by atoms with Crippen molar-refractivity contribution >= 4 is 23.2 Å². The summed E-state index contributed by atoms with van der Waals surface area (Å²) in [5, 5.41) is 14.7. The van der Waals surface area contributed by atoms with Crippen LogP contribution in [0.4, 0.5) is 22.0 Å². The molecule has 7 heteroatoms. The first-order valence-corrected chi connectivity index (χ1v) is 10.7. The quantitative estimate of drug-likeness (QED) is 0.655. The number of piperazine rings is 1. The minimum Gasteiger partial charge on any atom is -0.353 e. The molecule has 1 saturated heterocycles. The molecule has 0 bridgehead atoms. The van der Waals surface area contributed by atoms with Crippen molar-refractivity contribution in [2.24, 2.45) is 0 Å². The molecular weight excluding hydrogens is 388 g/mol. The highest BCUT2D eigenvalue weighted by atomic mass is 16.2. The Morgan fingerprint density at radius 3 is 2.48 bits per heavy atom. The van der Waals surface area contributed by atoms with E-state index in [-0.39, 0.29) is 6.03 Å². The van der Waals surface area contributed by atoms with Crippen LogP contribution in [0.2, 0.25) is 0 Å². The molecule has 3 aromatic rings. The molecule has 0 unspecified atom stereocenters. The lowest BCUT2D eigenvalue weighted by molar-refractivity contribution is 0.262. The van der Waals surface area contributed by atoms with E-state index in [1.54, 1.807) is 0 Å². The summed E-state index contributed by atoms with van der Waals surface area (Å²) in [5.74, 6) is 0.903. The first-order chi connectivity index (χ1) is 15.1. The molecule has 4 rings (SSSR count). The largest absolute Gasteiger partial charge is 0.353 e. The third-order valence-corrected chi connectivity index (χ3v) is 5.54. The van der Waals surface area contributed by atoms with E-state index >= 15 is 0 Å². The number of likely N-dealkylation sites (N-methyl/N-ethyl adjacent to an activating group) is 1. The minimum absolute atomic E-state index is 0.269. The Morgan fingerprint density at radius 1 is 0.935 bits per heavy atom. The summed E-state index contributed by atoms with van der Waals surface area (Å²) in [4.78, 5) is 17.1. The number of aromatic nitrogens is 2. The number of hydrogen-bond donors (Lipinski definition) is 2. The molecule has 1 aliphatic heterocycles. The summed E-state index contributed by atoms with van der Waals surface area (Å²) >= 11 is 0. The lowest BCUT2D eigenvalue weighted by atomic mass is 10.1. The molecule has 0 saturated carbocycles. The van der Waals surface area contributed by atoms with Crippen molar-refractivity contribution in [3.05, 3.63) is 66.2 Å². The first-order valence-electron chi connectivity index (χ1n) is 10.7. The van der Waals surface area contributed by atoms with Gasteiger partial charge in [-0.2, -0.15) is 0 Å². The summed E-state index contributed by atoms with van der Waals surface area (Å²) in [5.41, 5.74) is 4.31. The molecule has 2 amide bonds. The second kappa shape index (κ2) is 9.57. The molecule has 2 N–H and O–H groups in total. The van der Waals surface area contributed by atoms with Gasteiger partial charge in [0, 0.05) is 43.1 Å². The molecule has 0 spiro atoms. The number of aryl methyl sites for hydroxylation is 1. The van der Waals surface area contributed by atoms with Gasteiger partial charge >= 0.3 is 6.03 Å². The zero-order valence-corrected chi connectivity index (χ0v) is 18.0. The molecule has 31 heavy (non-hydrogen) atoms. The number of benzene rings is 2. The summed E-state index contributed by atoms with van der Waals surface area (Å²) in [7, 11) is 2.13. The number of anilines is 3. The fourth-order valence-electron chi connectivity index (χ4n) is 3.67. The van der Waals surface area contributed by atoms with Crippen LogP contribution in [0, 0.1) is 0 Å². The molecule has 160 valence electrons. The van der Waals surface area contributed by atoms with Gasteiger partial charge in [-0.05, 0) is 49.4 Å². The van der Waals surface area contributed by atoms with Crippen molar-refractivity contribution in [3.8, 4) is 11.3 Å². The van der Waals surface area contributed by atoms with Gasteiger partial charge in [0.25, 0.3) is 0 Å². The van der Waals surface area contributed by atoms with Crippen LogP contribution in [0.1, 0.15) is 12.5 Å². The van der Waals surface area contributed by atoms with E-state index in [2.05, 4.69) is 44.6 Å². The Labute approximate surface area is 183 Å². The Hall–Kier alpha value is -3.45. The van der Waals surface area contributed by atoms with Crippen molar-refractivity contribution in [2.45, 2.75) is 13.3 Å². The van der Waals surface area contributed by atoms with Gasteiger partial charge in [0.05, 0.1) is 5.69 Å². The van der Waals surface area contributed by atoms with E-state index < -0.39 is 0 Å². The van der Waals surface area contributed by atoms with Crippen LogP contribution in [0.3, 0.4) is 0 Å². The fraction of sp³-hybridized carbons (Fsp3) is 0.292. The number of nitrogens with zero attached hydrogens (tertiary/aromatic N) is 4. The minimum atomic E-state index is -0.269. The topological polar surface area (TPSA) is 73.4 Å². The van der Waals surface area contributed by atoms with E-state index in [9.17, 15) is 4.79 Å². The van der Waals surface area contributed by atoms with Crippen LogP contribution in [0.5, 0.6) is 0 Å². The number of amides is 2. The fourth-order valence-corrected chi connectivity index (χ4v) is 3.67. The zero-order chi connectivity index (χ0) is 21.6. The average Bonchev–Trinajstić information content (AvgIpc) is 2.80. The molecule has 1 aromatic heterocycles. The van der Waals surface area contributed by atoms with Gasteiger partial charge in [0.1, 0.15) is 0 Å². The summed E-state index contributed by atoms with van der Waals surface area (Å²) < 4.78 is 0. The van der Waals surface area contributed by atoms with Crippen molar-refractivity contribution in [1.29, 1.82) is 0 Å². The molecule has 1 aliphatic rings. The van der Waals surface area contributed by atoms with Crippen molar-refractivity contribution in [2.75, 3.05) is 48.8 Å². The van der Waals surface area contributed by atoms with Gasteiger partial charge in [0.2, 0.25) is 0 Å². The molecule has 0 aliphatic carbocycles. The second-order valence-corrected chi connectivity index (χ2v) is 7.74. The molecular formula is C24H28N6O. The van der Waals surface area contributed by atoms with E-state index in [1.165, 1.54) is 0 Å². The number of carbonyl (C=O) groups excluding carboxylic acids is 1. The molecule has 2 heterocycles. The van der Waals surface area contributed by atoms with Gasteiger partial charge in [0.15, 0.2) is 5.82 Å². The standard InChI is InChI=1S/C24H28N6O/c1-3-18-7-4-5-10-21(18)26-24(31)25-20-9-6-8-19(17-20)22-11-12-23(28-27-22)30-15-13-29(2)14-16-30/h4-12,17H,3,13-16H2,1-2H3,(H2,25,26,31).